The molecule has 4 rings (SSSR count). The minimum absolute atomic E-state index is 0.0486. The maximum Gasteiger partial charge on any atom is 0.425 e. The van der Waals surface area contributed by atoms with E-state index in [4.69, 9.17) is 9.47 Å². The van der Waals surface area contributed by atoms with Gasteiger partial charge in [-0.05, 0) is 25.1 Å². The van der Waals surface area contributed by atoms with Gasteiger partial charge >= 0.3 is 11.9 Å². The molecule has 0 spiro atoms. The first-order valence-corrected chi connectivity index (χ1v) is 10.1. The van der Waals surface area contributed by atoms with Crippen LogP contribution >= 0.6 is 0 Å². The fraction of sp³-hybridized carbons (Fsp3) is 0.286. The Morgan fingerprint density at radius 1 is 1.17 bits per heavy atom. The molecule has 1 aliphatic rings. The minimum atomic E-state index is -4.87. The summed E-state index contributed by atoms with van der Waals surface area (Å²) in [5.74, 6) is -5.56. The van der Waals surface area contributed by atoms with E-state index in [1.807, 2.05) is 5.32 Å². The quantitative estimate of drug-likeness (QED) is 0.540. The van der Waals surface area contributed by atoms with Crippen molar-refractivity contribution < 1.29 is 40.6 Å². The van der Waals surface area contributed by atoms with Gasteiger partial charge in [-0.15, -0.1) is 5.10 Å². The molecule has 0 fully saturated rings. The number of halogens is 6. The van der Waals surface area contributed by atoms with Crippen LogP contribution in [0, 0.1) is 17.5 Å². The van der Waals surface area contributed by atoms with Crippen molar-refractivity contribution in [1.29, 1.82) is 0 Å². The van der Waals surface area contributed by atoms with Crippen LogP contribution in [0.3, 0.4) is 0 Å². The van der Waals surface area contributed by atoms with Crippen LogP contribution < -0.4 is 15.7 Å². The van der Waals surface area contributed by atoms with Crippen LogP contribution in [0.5, 0.6) is 5.75 Å². The Balaban J connectivity index is 1.81. The summed E-state index contributed by atoms with van der Waals surface area (Å²) in [6.45, 7) is 0.913. The number of fused-ring (bicyclic) bond motifs is 1. The number of nitrogens with zero attached hydrogens (tertiary/aromatic N) is 3. The van der Waals surface area contributed by atoms with Gasteiger partial charge in [0.05, 0.1) is 18.7 Å². The molecule has 186 valence electrons. The zero-order valence-corrected chi connectivity index (χ0v) is 17.8. The van der Waals surface area contributed by atoms with Crippen molar-refractivity contribution in [3.8, 4) is 11.4 Å². The van der Waals surface area contributed by atoms with Crippen molar-refractivity contribution in [3.05, 3.63) is 69.7 Å². The molecule has 1 N–H and O–H groups in total. The van der Waals surface area contributed by atoms with Crippen LogP contribution in [0.25, 0.3) is 5.69 Å². The second-order valence-corrected chi connectivity index (χ2v) is 7.47. The van der Waals surface area contributed by atoms with Crippen molar-refractivity contribution in [2.75, 3.05) is 11.9 Å². The topological polar surface area (TPSA) is 87.4 Å². The summed E-state index contributed by atoms with van der Waals surface area (Å²) in [6, 6.07) is 3.88. The van der Waals surface area contributed by atoms with Gasteiger partial charge in [-0.1, -0.05) is 6.07 Å². The van der Waals surface area contributed by atoms with Crippen molar-refractivity contribution in [2.45, 2.75) is 32.4 Å². The molecule has 14 heteroatoms. The highest BCUT2D eigenvalue weighted by molar-refractivity contribution is 6.06. The van der Waals surface area contributed by atoms with Crippen LogP contribution in [-0.2, 0) is 17.9 Å². The van der Waals surface area contributed by atoms with Crippen LogP contribution in [0.15, 0.2) is 35.1 Å². The molecule has 0 saturated heterocycles. The second-order valence-electron chi connectivity index (χ2n) is 7.47. The Bertz CT molecular complexity index is 1330. The predicted octanol–water partition coefficient (Wildman–Crippen LogP) is 3.56. The standard InChI is InChI=1S/C21H16F6N4O4/c1-10(21(25,26)27)35-16-8-15(31-20(33)30-5-6-34-9-17(30)29-31)14(24)7-11(16)19(32)28-18-12(22)3-2-4-13(18)23/h2-4,7-8,10H,5-6,9H2,1H3,(H,28,32). The number of anilines is 1. The van der Waals surface area contributed by atoms with Crippen LogP contribution in [-0.4, -0.2) is 39.1 Å². The van der Waals surface area contributed by atoms with E-state index in [1.54, 1.807) is 0 Å². The van der Waals surface area contributed by atoms with E-state index >= 15 is 4.39 Å². The lowest BCUT2D eigenvalue weighted by Crippen LogP contribution is -2.32. The Hall–Kier alpha value is -3.81. The number of amides is 1. The summed E-state index contributed by atoms with van der Waals surface area (Å²) in [5, 5.41) is 5.80. The number of ether oxygens (including phenoxy) is 2. The molecule has 2 aromatic carbocycles. The first kappa shape index (κ1) is 24.3. The van der Waals surface area contributed by atoms with Gasteiger partial charge in [0.2, 0.25) is 0 Å². The van der Waals surface area contributed by atoms with Crippen molar-refractivity contribution in [2.24, 2.45) is 0 Å². The average Bonchev–Trinajstić information content (AvgIpc) is 3.13. The van der Waals surface area contributed by atoms with E-state index in [-0.39, 0.29) is 25.6 Å². The fourth-order valence-electron chi connectivity index (χ4n) is 3.28. The largest absolute Gasteiger partial charge is 0.480 e. The maximum atomic E-state index is 15.0. The van der Waals surface area contributed by atoms with Crippen LogP contribution in [0.2, 0.25) is 0 Å². The number of carbonyl (C=O) groups excluding carboxylic acids is 1. The Morgan fingerprint density at radius 3 is 2.49 bits per heavy atom. The van der Waals surface area contributed by atoms with Gasteiger partial charge in [0, 0.05) is 6.07 Å². The number of hydrogen-bond donors (Lipinski definition) is 1. The van der Waals surface area contributed by atoms with E-state index < -0.39 is 64.0 Å². The molecule has 1 unspecified atom stereocenters. The van der Waals surface area contributed by atoms with Crippen LogP contribution in [0.1, 0.15) is 23.1 Å². The molecule has 1 aliphatic heterocycles. The third-order valence-electron chi connectivity index (χ3n) is 5.12. The number of aromatic nitrogens is 3. The van der Waals surface area contributed by atoms with E-state index in [1.165, 1.54) is 4.57 Å². The third-order valence-corrected chi connectivity index (χ3v) is 5.12. The molecule has 1 aromatic heterocycles. The highest BCUT2D eigenvalue weighted by Gasteiger charge is 2.39. The highest BCUT2D eigenvalue weighted by atomic mass is 19.4. The number of alkyl halides is 3. The molecule has 0 bridgehead atoms. The third kappa shape index (κ3) is 4.73. The summed E-state index contributed by atoms with van der Waals surface area (Å²) in [7, 11) is 0. The van der Waals surface area contributed by atoms with Gasteiger partial charge in [-0.2, -0.15) is 17.9 Å². The van der Waals surface area contributed by atoms with E-state index in [2.05, 4.69) is 5.10 Å². The van der Waals surface area contributed by atoms with Gasteiger partial charge in [0.15, 0.2) is 11.9 Å². The van der Waals surface area contributed by atoms with E-state index in [9.17, 15) is 31.5 Å². The molecule has 1 atom stereocenters. The fourth-order valence-corrected chi connectivity index (χ4v) is 3.28. The Kier molecular flexibility index (Phi) is 6.32. The summed E-state index contributed by atoms with van der Waals surface area (Å²) >= 11 is 0. The van der Waals surface area contributed by atoms with Gasteiger partial charge in [0.1, 0.15) is 41.2 Å². The molecular weight excluding hydrogens is 486 g/mol. The molecule has 35 heavy (non-hydrogen) atoms. The maximum absolute atomic E-state index is 15.0. The molecule has 0 aliphatic carbocycles. The first-order valence-electron chi connectivity index (χ1n) is 10.1. The predicted molar refractivity (Wildman–Crippen MR) is 108 cm³/mol. The first-order chi connectivity index (χ1) is 16.5. The van der Waals surface area contributed by atoms with Crippen molar-refractivity contribution in [3.63, 3.8) is 0 Å². The Morgan fingerprint density at radius 2 is 1.86 bits per heavy atom. The van der Waals surface area contributed by atoms with E-state index in [0.29, 0.717) is 23.7 Å². The molecule has 3 aromatic rings. The zero-order valence-electron chi connectivity index (χ0n) is 17.8. The van der Waals surface area contributed by atoms with Crippen molar-refractivity contribution >= 4 is 11.6 Å². The summed E-state index contributed by atoms with van der Waals surface area (Å²) in [4.78, 5) is 25.4. The molecule has 2 heterocycles. The SMILES string of the molecule is CC(Oc1cc(-n2nc3n(c2=O)CCOC3)c(F)cc1C(=O)Nc1c(F)cccc1F)C(F)(F)F. The summed E-state index contributed by atoms with van der Waals surface area (Å²) < 4.78 is 94.3. The minimum Gasteiger partial charge on any atom is -0.480 e. The van der Waals surface area contributed by atoms with Gasteiger partial charge in [-0.3, -0.25) is 9.36 Å². The van der Waals surface area contributed by atoms with Crippen molar-refractivity contribution in [1.82, 2.24) is 14.3 Å². The van der Waals surface area contributed by atoms with Gasteiger partial charge < -0.3 is 14.8 Å². The second kappa shape index (κ2) is 9.09. The number of rotatable bonds is 5. The molecule has 0 radical (unpaired) electrons. The molecule has 0 saturated carbocycles. The number of para-hydroxylation sites is 1. The average molecular weight is 502 g/mol. The number of nitrogens with one attached hydrogen (secondary N) is 1. The lowest BCUT2D eigenvalue weighted by molar-refractivity contribution is -0.189. The van der Waals surface area contributed by atoms with Gasteiger partial charge in [-0.25, -0.2) is 18.0 Å². The normalized spacial score (nSPS) is 14.4. The van der Waals surface area contributed by atoms with Crippen LogP contribution in [0.4, 0.5) is 32.0 Å². The van der Waals surface area contributed by atoms with E-state index in [0.717, 1.165) is 18.2 Å². The summed E-state index contributed by atoms with van der Waals surface area (Å²) in [6.07, 6.45) is -7.33. The highest BCUT2D eigenvalue weighted by Crippen LogP contribution is 2.31. The lowest BCUT2D eigenvalue weighted by Gasteiger charge is -2.20. The lowest BCUT2D eigenvalue weighted by atomic mass is 10.1. The summed E-state index contributed by atoms with van der Waals surface area (Å²) in [5.41, 5.74) is -3.09. The smallest absolute Gasteiger partial charge is 0.425 e. The zero-order chi connectivity index (χ0) is 25.5. The molecule has 8 nitrogen and oxygen atoms in total. The monoisotopic (exact) mass is 502 g/mol. The van der Waals surface area contributed by atoms with Gasteiger partial charge in [0.25, 0.3) is 5.91 Å². The molecule has 1 amide bonds. The number of benzene rings is 2. The number of hydrogen-bond acceptors (Lipinski definition) is 5. The number of carbonyl (C=O) groups is 1. The Labute approximate surface area is 192 Å². The molecular formula is C21H16F6N4O4.